The molecule has 2 aromatic carbocycles. The summed E-state index contributed by atoms with van der Waals surface area (Å²) >= 11 is 0. The molecule has 0 unspecified atom stereocenters. The lowest BCUT2D eigenvalue weighted by atomic mass is 10.2. The Kier molecular flexibility index (Phi) is 5.47. The summed E-state index contributed by atoms with van der Waals surface area (Å²) in [7, 11) is -4.04. The lowest BCUT2D eigenvalue weighted by Gasteiger charge is -2.10. The number of hydrogen-bond donors (Lipinski definition) is 2. The normalized spacial score (nSPS) is 10.7. The van der Waals surface area contributed by atoms with Crippen molar-refractivity contribution < 1.29 is 22.3 Å². The predicted molar refractivity (Wildman–Crippen MR) is 81.5 cm³/mol. The molecule has 24 heavy (non-hydrogen) atoms. The van der Waals surface area contributed by atoms with E-state index in [0.29, 0.717) is 0 Å². The van der Waals surface area contributed by atoms with Gasteiger partial charge < -0.3 is 4.74 Å². The maximum atomic E-state index is 13.3. The lowest BCUT2D eigenvalue weighted by molar-refractivity contribution is -0.123. The third-order valence-electron chi connectivity index (χ3n) is 2.79. The van der Waals surface area contributed by atoms with Crippen LogP contribution in [-0.4, -0.2) is 20.9 Å². The minimum absolute atomic E-state index is 0.128. The van der Waals surface area contributed by atoms with Gasteiger partial charge in [-0.25, -0.2) is 12.8 Å². The number of carbonyl (C=O) groups is 1. The third kappa shape index (κ3) is 4.52. The third-order valence-corrected chi connectivity index (χ3v) is 4.04. The van der Waals surface area contributed by atoms with E-state index in [2.05, 4.69) is 0 Å². The largest absolute Gasteiger partial charge is 0.481 e. The molecule has 0 atom stereocenters. The van der Waals surface area contributed by atoms with Gasteiger partial charge in [0.25, 0.3) is 15.9 Å². The van der Waals surface area contributed by atoms with E-state index < -0.39 is 28.4 Å². The maximum Gasteiger partial charge on any atom is 0.272 e. The summed E-state index contributed by atoms with van der Waals surface area (Å²) < 4.78 is 42.2. The van der Waals surface area contributed by atoms with Gasteiger partial charge in [0.05, 0.1) is 16.5 Å². The fourth-order valence-electron chi connectivity index (χ4n) is 1.66. The van der Waals surface area contributed by atoms with Gasteiger partial charge in [0.1, 0.15) is 0 Å². The number of nitrogens with one attached hydrogen (secondary N) is 2. The first-order chi connectivity index (χ1) is 11.4. The van der Waals surface area contributed by atoms with E-state index in [4.69, 9.17) is 10.00 Å². The first kappa shape index (κ1) is 17.4. The second-order valence-electron chi connectivity index (χ2n) is 4.51. The molecule has 0 aliphatic carbocycles. The van der Waals surface area contributed by atoms with Gasteiger partial charge in [0, 0.05) is 0 Å². The molecule has 0 aliphatic heterocycles. The first-order valence-electron chi connectivity index (χ1n) is 6.60. The second kappa shape index (κ2) is 7.54. The average molecular weight is 349 g/mol. The SMILES string of the molecule is N#Cc1cccc(S(=O)(=O)NNC(=O)COc2ccccc2F)c1. The Balaban J connectivity index is 1.93. The van der Waals surface area contributed by atoms with Crippen LogP contribution in [0.25, 0.3) is 0 Å². The molecule has 2 aromatic rings. The Morgan fingerprint density at radius 3 is 2.67 bits per heavy atom. The second-order valence-corrected chi connectivity index (χ2v) is 6.19. The zero-order chi connectivity index (χ0) is 17.6. The number of para-hydroxylation sites is 1. The summed E-state index contributed by atoms with van der Waals surface area (Å²) in [6.45, 7) is -0.582. The number of nitrogens with zero attached hydrogens (tertiary/aromatic N) is 1. The molecule has 0 fully saturated rings. The molecule has 0 bridgehead atoms. The number of benzene rings is 2. The molecule has 0 aliphatic rings. The van der Waals surface area contributed by atoms with Crippen molar-refractivity contribution in [3.63, 3.8) is 0 Å². The summed E-state index contributed by atoms with van der Waals surface area (Å²) in [4.78, 5) is 13.3. The number of sulfonamides is 1. The van der Waals surface area contributed by atoms with Crippen LogP contribution in [-0.2, 0) is 14.8 Å². The van der Waals surface area contributed by atoms with Crippen LogP contribution >= 0.6 is 0 Å². The number of hydrogen-bond acceptors (Lipinski definition) is 5. The van der Waals surface area contributed by atoms with Gasteiger partial charge >= 0.3 is 0 Å². The highest BCUT2D eigenvalue weighted by Gasteiger charge is 2.16. The van der Waals surface area contributed by atoms with Gasteiger partial charge in [-0.15, -0.1) is 4.83 Å². The summed E-state index contributed by atoms with van der Waals surface area (Å²) in [5, 5.41) is 8.76. The van der Waals surface area contributed by atoms with Crippen molar-refractivity contribution in [3.8, 4) is 11.8 Å². The van der Waals surface area contributed by atoms with Crippen molar-refractivity contribution in [2.24, 2.45) is 0 Å². The zero-order valence-electron chi connectivity index (χ0n) is 12.2. The summed E-state index contributed by atoms with van der Waals surface area (Å²) in [5.74, 6) is -1.59. The van der Waals surface area contributed by atoms with Crippen LogP contribution in [0.15, 0.2) is 53.4 Å². The van der Waals surface area contributed by atoms with Crippen molar-refractivity contribution in [1.82, 2.24) is 10.3 Å². The molecule has 0 radical (unpaired) electrons. The molecular formula is C15H12FN3O4S. The summed E-state index contributed by atoms with van der Waals surface area (Å²) in [5.41, 5.74) is 2.10. The topological polar surface area (TPSA) is 108 Å². The maximum absolute atomic E-state index is 13.3. The molecule has 0 saturated heterocycles. The van der Waals surface area contributed by atoms with E-state index in [9.17, 15) is 17.6 Å². The Hall–Kier alpha value is -2.96. The highest BCUT2D eigenvalue weighted by atomic mass is 32.2. The van der Waals surface area contributed by atoms with Gasteiger partial charge in [0.15, 0.2) is 18.2 Å². The molecular weight excluding hydrogens is 337 g/mol. The van der Waals surface area contributed by atoms with Crippen LogP contribution in [0.2, 0.25) is 0 Å². The van der Waals surface area contributed by atoms with Gasteiger partial charge in [-0.3, -0.25) is 10.2 Å². The summed E-state index contributed by atoms with van der Waals surface area (Å²) in [6.07, 6.45) is 0. The van der Waals surface area contributed by atoms with Gasteiger partial charge in [-0.05, 0) is 30.3 Å². The Bertz CT molecular complexity index is 894. The molecule has 0 aromatic heterocycles. The van der Waals surface area contributed by atoms with E-state index in [1.165, 1.54) is 36.4 Å². The van der Waals surface area contributed by atoms with E-state index in [0.717, 1.165) is 12.1 Å². The standard InChI is InChI=1S/C15H12FN3O4S/c16-13-6-1-2-7-14(13)23-10-15(20)18-19-24(21,22)12-5-3-4-11(8-12)9-17/h1-8,19H,10H2,(H,18,20). The Morgan fingerprint density at radius 1 is 1.21 bits per heavy atom. The number of halogens is 1. The molecule has 0 spiro atoms. The van der Waals surface area contributed by atoms with Crippen molar-refractivity contribution in [3.05, 3.63) is 59.9 Å². The fraction of sp³-hybridized carbons (Fsp3) is 0.0667. The van der Waals surface area contributed by atoms with Crippen molar-refractivity contribution in [1.29, 1.82) is 5.26 Å². The number of carbonyl (C=O) groups excluding carboxylic acids is 1. The molecule has 0 heterocycles. The molecule has 1 amide bonds. The smallest absolute Gasteiger partial charge is 0.272 e. The number of amides is 1. The van der Waals surface area contributed by atoms with E-state index in [1.807, 2.05) is 16.3 Å². The Labute approximate surface area is 137 Å². The highest BCUT2D eigenvalue weighted by molar-refractivity contribution is 7.89. The molecule has 124 valence electrons. The van der Waals surface area contributed by atoms with E-state index in [-0.39, 0.29) is 16.2 Å². The van der Waals surface area contributed by atoms with E-state index in [1.54, 1.807) is 0 Å². The molecule has 9 heteroatoms. The van der Waals surface area contributed by atoms with Crippen molar-refractivity contribution in [2.45, 2.75) is 4.90 Å². The molecule has 7 nitrogen and oxygen atoms in total. The summed E-state index contributed by atoms with van der Waals surface area (Å²) in [6, 6.07) is 12.6. The number of rotatable bonds is 6. The fourth-order valence-corrected chi connectivity index (χ4v) is 2.56. The molecule has 2 N–H and O–H groups in total. The number of nitriles is 1. The zero-order valence-corrected chi connectivity index (χ0v) is 13.0. The van der Waals surface area contributed by atoms with Crippen LogP contribution < -0.4 is 15.0 Å². The van der Waals surface area contributed by atoms with E-state index >= 15 is 0 Å². The number of hydrazine groups is 1. The highest BCUT2D eigenvalue weighted by Crippen LogP contribution is 2.15. The lowest BCUT2D eigenvalue weighted by Crippen LogP contribution is -2.43. The molecule has 2 rings (SSSR count). The van der Waals surface area contributed by atoms with Crippen molar-refractivity contribution in [2.75, 3.05) is 6.61 Å². The first-order valence-corrected chi connectivity index (χ1v) is 8.09. The average Bonchev–Trinajstić information content (AvgIpc) is 2.59. The Morgan fingerprint density at radius 2 is 1.96 bits per heavy atom. The van der Waals surface area contributed by atoms with Crippen LogP contribution in [0.5, 0.6) is 5.75 Å². The van der Waals surface area contributed by atoms with Crippen LogP contribution in [0.1, 0.15) is 5.56 Å². The van der Waals surface area contributed by atoms with Crippen LogP contribution in [0, 0.1) is 17.1 Å². The van der Waals surface area contributed by atoms with Gasteiger partial charge in [-0.1, -0.05) is 18.2 Å². The van der Waals surface area contributed by atoms with Crippen LogP contribution in [0.3, 0.4) is 0 Å². The monoisotopic (exact) mass is 349 g/mol. The minimum Gasteiger partial charge on any atom is -0.481 e. The predicted octanol–water partition coefficient (Wildman–Crippen LogP) is 1.09. The molecule has 0 saturated carbocycles. The van der Waals surface area contributed by atoms with Crippen LogP contribution in [0.4, 0.5) is 4.39 Å². The quantitative estimate of drug-likeness (QED) is 0.759. The van der Waals surface area contributed by atoms with Gasteiger partial charge in [-0.2, -0.15) is 5.26 Å². The minimum atomic E-state index is -4.04. The number of ether oxygens (including phenoxy) is 1. The van der Waals surface area contributed by atoms with Gasteiger partial charge in [0.2, 0.25) is 0 Å². The van der Waals surface area contributed by atoms with Crippen molar-refractivity contribution >= 4 is 15.9 Å².